The highest BCUT2D eigenvalue weighted by molar-refractivity contribution is 7.98. The number of nitrogens with zero attached hydrogens (tertiary/aromatic N) is 1. The first-order chi connectivity index (χ1) is 7.27. The molecular weight excluding hydrogens is 204 g/mol. The SMILES string of the molecule is CSc1cccc(N(C)C2CC2)c1CN. The first kappa shape index (κ1) is 10.8. The average Bonchev–Trinajstić information content (AvgIpc) is 3.10. The number of nitrogens with two attached hydrogens (primary N) is 1. The molecular formula is C12H18N2S. The summed E-state index contributed by atoms with van der Waals surface area (Å²) in [5, 5.41) is 0. The second-order valence-corrected chi connectivity index (χ2v) is 4.85. The second-order valence-electron chi connectivity index (χ2n) is 4.00. The maximum absolute atomic E-state index is 5.85. The van der Waals surface area contributed by atoms with Gasteiger partial charge < -0.3 is 10.6 Å². The van der Waals surface area contributed by atoms with Gasteiger partial charge in [-0.25, -0.2) is 0 Å². The van der Waals surface area contributed by atoms with Gasteiger partial charge in [0.2, 0.25) is 0 Å². The molecule has 1 fully saturated rings. The van der Waals surface area contributed by atoms with E-state index in [1.807, 2.05) is 0 Å². The molecule has 82 valence electrons. The van der Waals surface area contributed by atoms with E-state index in [0.717, 1.165) is 6.04 Å². The van der Waals surface area contributed by atoms with Crippen molar-refractivity contribution in [2.75, 3.05) is 18.2 Å². The first-order valence-electron chi connectivity index (χ1n) is 5.36. The van der Waals surface area contributed by atoms with Gasteiger partial charge in [-0.1, -0.05) is 6.07 Å². The maximum atomic E-state index is 5.85. The third-order valence-corrected chi connectivity index (χ3v) is 3.83. The van der Waals surface area contributed by atoms with Crippen LogP contribution in [0.3, 0.4) is 0 Å². The summed E-state index contributed by atoms with van der Waals surface area (Å²) < 4.78 is 0. The molecule has 15 heavy (non-hydrogen) atoms. The van der Waals surface area contributed by atoms with Crippen LogP contribution in [0.15, 0.2) is 23.1 Å². The standard InChI is InChI=1S/C12H18N2S/c1-14(9-6-7-9)11-4-3-5-12(15-2)10(11)8-13/h3-5,9H,6-8,13H2,1-2H3. The molecule has 1 saturated carbocycles. The maximum Gasteiger partial charge on any atom is 0.0422 e. The third kappa shape index (κ3) is 2.13. The minimum atomic E-state index is 0.628. The van der Waals surface area contributed by atoms with E-state index in [1.165, 1.54) is 29.0 Å². The predicted octanol–water partition coefficient (Wildman–Crippen LogP) is 2.47. The van der Waals surface area contributed by atoms with Crippen LogP contribution in [0, 0.1) is 0 Å². The highest BCUT2D eigenvalue weighted by Gasteiger charge is 2.27. The molecule has 0 aromatic heterocycles. The van der Waals surface area contributed by atoms with Crippen LogP contribution in [0.4, 0.5) is 5.69 Å². The fraction of sp³-hybridized carbons (Fsp3) is 0.500. The number of hydrogen-bond acceptors (Lipinski definition) is 3. The average molecular weight is 222 g/mol. The van der Waals surface area contributed by atoms with Crippen molar-refractivity contribution in [1.82, 2.24) is 0 Å². The fourth-order valence-electron chi connectivity index (χ4n) is 1.94. The van der Waals surface area contributed by atoms with Gasteiger partial charge in [-0.3, -0.25) is 0 Å². The summed E-state index contributed by atoms with van der Waals surface area (Å²) in [6.45, 7) is 0.628. The smallest absolute Gasteiger partial charge is 0.0422 e. The number of anilines is 1. The molecule has 3 heteroatoms. The van der Waals surface area contributed by atoms with Crippen molar-refractivity contribution in [2.24, 2.45) is 5.73 Å². The lowest BCUT2D eigenvalue weighted by molar-refractivity contribution is 0.889. The Morgan fingerprint density at radius 2 is 2.20 bits per heavy atom. The third-order valence-electron chi connectivity index (χ3n) is 3.01. The van der Waals surface area contributed by atoms with E-state index < -0.39 is 0 Å². The molecule has 0 radical (unpaired) electrons. The summed E-state index contributed by atoms with van der Waals surface area (Å²) in [6.07, 6.45) is 4.75. The van der Waals surface area contributed by atoms with Crippen LogP contribution in [-0.4, -0.2) is 19.3 Å². The van der Waals surface area contributed by atoms with Crippen molar-refractivity contribution >= 4 is 17.4 Å². The summed E-state index contributed by atoms with van der Waals surface area (Å²) >= 11 is 1.78. The van der Waals surface area contributed by atoms with Gasteiger partial charge in [0, 0.05) is 35.8 Å². The lowest BCUT2D eigenvalue weighted by Gasteiger charge is -2.23. The van der Waals surface area contributed by atoms with Gasteiger partial charge >= 0.3 is 0 Å². The molecule has 1 aromatic carbocycles. The Bertz CT molecular complexity index is 347. The molecule has 0 heterocycles. The van der Waals surface area contributed by atoms with Gasteiger partial charge in [0.05, 0.1) is 0 Å². The largest absolute Gasteiger partial charge is 0.371 e. The van der Waals surface area contributed by atoms with E-state index in [9.17, 15) is 0 Å². The van der Waals surface area contributed by atoms with Crippen molar-refractivity contribution in [2.45, 2.75) is 30.3 Å². The van der Waals surface area contributed by atoms with Crippen LogP contribution in [0.5, 0.6) is 0 Å². The zero-order chi connectivity index (χ0) is 10.8. The minimum absolute atomic E-state index is 0.628. The monoisotopic (exact) mass is 222 g/mol. The number of benzene rings is 1. The Labute approximate surface area is 95.8 Å². The van der Waals surface area contributed by atoms with E-state index in [-0.39, 0.29) is 0 Å². The zero-order valence-corrected chi connectivity index (χ0v) is 10.2. The minimum Gasteiger partial charge on any atom is -0.371 e. The first-order valence-corrected chi connectivity index (χ1v) is 6.59. The Balaban J connectivity index is 2.35. The molecule has 0 bridgehead atoms. The predicted molar refractivity (Wildman–Crippen MR) is 67.5 cm³/mol. The molecule has 1 aliphatic rings. The van der Waals surface area contributed by atoms with Gasteiger partial charge in [-0.05, 0) is 31.2 Å². The molecule has 1 aromatic rings. The fourth-order valence-corrected chi connectivity index (χ4v) is 2.59. The molecule has 0 unspecified atom stereocenters. The topological polar surface area (TPSA) is 29.3 Å². The summed E-state index contributed by atoms with van der Waals surface area (Å²) in [4.78, 5) is 3.68. The quantitative estimate of drug-likeness (QED) is 0.794. The summed E-state index contributed by atoms with van der Waals surface area (Å²) in [6, 6.07) is 7.20. The molecule has 0 saturated heterocycles. The van der Waals surface area contributed by atoms with Gasteiger partial charge in [0.1, 0.15) is 0 Å². The van der Waals surface area contributed by atoms with Crippen molar-refractivity contribution < 1.29 is 0 Å². The molecule has 0 atom stereocenters. The van der Waals surface area contributed by atoms with Gasteiger partial charge in [0.25, 0.3) is 0 Å². The summed E-state index contributed by atoms with van der Waals surface area (Å²) in [7, 11) is 2.18. The van der Waals surface area contributed by atoms with Crippen LogP contribution in [0.1, 0.15) is 18.4 Å². The van der Waals surface area contributed by atoms with Crippen LogP contribution in [0.25, 0.3) is 0 Å². The molecule has 0 aliphatic heterocycles. The van der Waals surface area contributed by atoms with E-state index in [2.05, 4.69) is 36.4 Å². The van der Waals surface area contributed by atoms with Gasteiger partial charge in [0.15, 0.2) is 0 Å². The van der Waals surface area contributed by atoms with E-state index in [1.54, 1.807) is 11.8 Å². The van der Waals surface area contributed by atoms with Crippen LogP contribution in [-0.2, 0) is 6.54 Å². The lowest BCUT2D eigenvalue weighted by Crippen LogP contribution is -2.21. The Kier molecular flexibility index (Phi) is 3.22. The molecule has 2 rings (SSSR count). The highest BCUT2D eigenvalue weighted by Crippen LogP contribution is 2.35. The van der Waals surface area contributed by atoms with Crippen LogP contribution in [0.2, 0.25) is 0 Å². The summed E-state index contributed by atoms with van der Waals surface area (Å²) in [5.41, 5.74) is 8.45. The number of rotatable bonds is 4. The second kappa shape index (κ2) is 4.45. The normalized spacial score (nSPS) is 15.4. The summed E-state index contributed by atoms with van der Waals surface area (Å²) in [5.74, 6) is 0. The van der Waals surface area contributed by atoms with Gasteiger partial charge in [-0.15, -0.1) is 11.8 Å². The molecule has 1 aliphatic carbocycles. The Morgan fingerprint density at radius 1 is 1.47 bits per heavy atom. The van der Waals surface area contributed by atoms with Crippen LogP contribution < -0.4 is 10.6 Å². The zero-order valence-electron chi connectivity index (χ0n) is 9.36. The van der Waals surface area contributed by atoms with Crippen molar-refractivity contribution in [1.29, 1.82) is 0 Å². The Hall–Kier alpha value is -0.670. The lowest BCUT2D eigenvalue weighted by atomic mass is 10.1. The van der Waals surface area contributed by atoms with Crippen LogP contribution >= 0.6 is 11.8 Å². The van der Waals surface area contributed by atoms with E-state index in [0.29, 0.717) is 6.54 Å². The van der Waals surface area contributed by atoms with E-state index >= 15 is 0 Å². The van der Waals surface area contributed by atoms with Crippen molar-refractivity contribution in [3.63, 3.8) is 0 Å². The molecule has 2 N–H and O–H groups in total. The highest BCUT2D eigenvalue weighted by atomic mass is 32.2. The van der Waals surface area contributed by atoms with Crippen molar-refractivity contribution in [3.8, 4) is 0 Å². The van der Waals surface area contributed by atoms with Crippen molar-refractivity contribution in [3.05, 3.63) is 23.8 Å². The van der Waals surface area contributed by atoms with E-state index in [4.69, 9.17) is 5.73 Å². The Morgan fingerprint density at radius 3 is 2.73 bits per heavy atom. The van der Waals surface area contributed by atoms with Gasteiger partial charge in [-0.2, -0.15) is 0 Å². The molecule has 2 nitrogen and oxygen atoms in total. The number of hydrogen-bond donors (Lipinski definition) is 1. The molecule has 0 spiro atoms. The molecule has 0 amide bonds. The number of thioether (sulfide) groups is 1.